The molecule has 0 fully saturated rings. The largest absolute Gasteiger partial charge is 0.493 e. The van der Waals surface area contributed by atoms with Crippen molar-refractivity contribution in [1.29, 1.82) is 0 Å². The van der Waals surface area contributed by atoms with Gasteiger partial charge in [-0.3, -0.25) is 0 Å². The van der Waals surface area contributed by atoms with Gasteiger partial charge in [0.25, 0.3) is 0 Å². The molecule has 7 heteroatoms. The molecule has 0 spiro atoms. The fourth-order valence-corrected chi connectivity index (χ4v) is 4.96. The molecule has 2 aromatic heterocycles. The first-order valence-electron chi connectivity index (χ1n) is 8.96. The summed E-state index contributed by atoms with van der Waals surface area (Å²) in [6.45, 7) is 2.54. The molecule has 2 heterocycles. The van der Waals surface area contributed by atoms with E-state index in [1.54, 1.807) is 32.7 Å². The van der Waals surface area contributed by atoms with Crippen LogP contribution in [0.5, 0.6) is 17.2 Å². The zero-order chi connectivity index (χ0) is 19.0. The van der Waals surface area contributed by atoms with Crippen molar-refractivity contribution in [2.45, 2.75) is 32.7 Å². The molecule has 0 atom stereocenters. The fraction of sp³-hybridized carbons (Fsp3) is 0.400. The van der Waals surface area contributed by atoms with Crippen molar-refractivity contribution in [3.63, 3.8) is 0 Å². The van der Waals surface area contributed by atoms with Gasteiger partial charge in [-0.05, 0) is 49.4 Å². The van der Waals surface area contributed by atoms with Crippen molar-refractivity contribution < 1.29 is 14.2 Å². The molecule has 0 aliphatic heterocycles. The van der Waals surface area contributed by atoms with Crippen LogP contribution in [0.1, 0.15) is 28.2 Å². The lowest BCUT2D eigenvalue weighted by Gasteiger charge is -2.15. The maximum Gasteiger partial charge on any atom is 0.203 e. The number of fused-ring (bicyclic) bond motifs is 3. The van der Waals surface area contributed by atoms with Crippen LogP contribution in [0.15, 0.2) is 12.1 Å². The van der Waals surface area contributed by atoms with Crippen molar-refractivity contribution in [2.24, 2.45) is 0 Å². The minimum absolute atomic E-state index is 0.597. The summed E-state index contributed by atoms with van der Waals surface area (Å²) in [5.74, 6) is 3.59. The molecular formula is C20H23N3O3S. The first kappa shape index (κ1) is 17.9. The molecule has 0 saturated heterocycles. The van der Waals surface area contributed by atoms with Crippen molar-refractivity contribution in [1.82, 2.24) is 9.97 Å². The molecule has 0 radical (unpaired) electrons. The Morgan fingerprint density at radius 2 is 1.78 bits per heavy atom. The number of aryl methyl sites for hydroxylation is 3. The average molecular weight is 385 g/mol. The van der Waals surface area contributed by atoms with Crippen LogP contribution in [-0.4, -0.2) is 31.3 Å². The molecule has 142 valence electrons. The summed E-state index contributed by atoms with van der Waals surface area (Å²) < 4.78 is 16.3. The molecule has 27 heavy (non-hydrogen) atoms. The highest BCUT2D eigenvalue weighted by molar-refractivity contribution is 7.19. The van der Waals surface area contributed by atoms with Crippen molar-refractivity contribution in [2.75, 3.05) is 26.6 Å². The Morgan fingerprint density at radius 3 is 2.44 bits per heavy atom. The van der Waals surface area contributed by atoms with Crippen molar-refractivity contribution in [3.05, 3.63) is 34.0 Å². The van der Waals surface area contributed by atoms with E-state index < -0.39 is 0 Å². The van der Waals surface area contributed by atoms with Crippen LogP contribution in [0.25, 0.3) is 10.2 Å². The van der Waals surface area contributed by atoms with Gasteiger partial charge in [-0.2, -0.15) is 0 Å². The van der Waals surface area contributed by atoms with Gasteiger partial charge < -0.3 is 19.5 Å². The van der Waals surface area contributed by atoms with Crippen LogP contribution in [0, 0.1) is 6.92 Å². The number of methoxy groups -OCH3 is 3. The van der Waals surface area contributed by atoms with Crippen molar-refractivity contribution in [3.8, 4) is 17.2 Å². The zero-order valence-corrected chi connectivity index (χ0v) is 16.8. The highest BCUT2D eigenvalue weighted by Crippen LogP contribution is 2.40. The Balaban J connectivity index is 1.68. The molecule has 1 aromatic carbocycles. The van der Waals surface area contributed by atoms with E-state index in [9.17, 15) is 0 Å². The second kappa shape index (κ2) is 7.23. The normalized spacial score (nSPS) is 12.9. The first-order valence-corrected chi connectivity index (χ1v) is 9.78. The predicted molar refractivity (Wildman–Crippen MR) is 108 cm³/mol. The molecule has 1 N–H and O–H groups in total. The van der Waals surface area contributed by atoms with Crippen LogP contribution < -0.4 is 19.5 Å². The Kier molecular flexibility index (Phi) is 4.78. The smallest absolute Gasteiger partial charge is 0.203 e. The number of hydrogen-bond acceptors (Lipinski definition) is 7. The van der Waals surface area contributed by atoms with Gasteiger partial charge in [0.1, 0.15) is 16.5 Å². The van der Waals surface area contributed by atoms with E-state index in [0.29, 0.717) is 23.8 Å². The molecule has 0 bridgehead atoms. The topological polar surface area (TPSA) is 65.5 Å². The number of anilines is 1. The molecule has 0 saturated carbocycles. The van der Waals surface area contributed by atoms with E-state index in [4.69, 9.17) is 14.2 Å². The van der Waals surface area contributed by atoms with Gasteiger partial charge in [0.15, 0.2) is 11.5 Å². The summed E-state index contributed by atoms with van der Waals surface area (Å²) in [7, 11) is 4.86. The molecule has 1 aliphatic rings. The van der Waals surface area contributed by atoms with Crippen molar-refractivity contribution >= 4 is 27.4 Å². The summed E-state index contributed by atoms with van der Waals surface area (Å²) in [5, 5.41) is 4.69. The van der Waals surface area contributed by atoms with Gasteiger partial charge in [0, 0.05) is 11.4 Å². The Labute approximate surface area is 162 Å². The van der Waals surface area contributed by atoms with Crippen LogP contribution in [0.4, 0.5) is 5.82 Å². The summed E-state index contributed by atoms with van der Waals surface area (Å²) in [4.78, 5) is 11.9. The number of nitrogens with zero attached hydrogens (tertiary/aromatic N) is 2. The lowest BCUT2D eigenvalue weighted by Crippen LogP contribution is -2.05. The maximum atomic E-state index is 5.45. The first-order chi connectivity index (χ1) is 13.1. The van der Waals surface area contributed by atoms with Gasteiger partial charge >= 0.3 is 0 Å². The monoisotopic (exact) mass is 385 g/mol. The van der Waals surface area contributed by atoms with Crippen LogP contribution >= 0.6 is 11.3 Å². The number of rotatable bonds is 6. The van der Waals surface area contributed by atoms with Crippen LogP contribution in [0.2, 0.25) is 0 Å². The lowest BCUT2D eigenvalue weighted by atomic mass is 10.1. The third-order valence-electron chi connectivity index (χ3n) is 4.86. The van der Waals surface area contributed by atoms with Crippen LogP contribution in [0.3, 0.4) is 0 Å². The summed E-state index contributed by atoms with van der Waals surface area (Å²) in [5.41, 5.74) is 2.45. The van der Waals surface area contributed by atoms with E-state index in [1.807, 2.05) is 19.1 Å². The number of ether oxygens (including phenoxy) is 3. The second-order valence-electron chi connectivity index (χ2n) is 6.54. The SMILES string of the molecule is COc1cc(CNc2nc(C)nc3sc4c(c23)CCC4)cc(OC)c1OC. The number of hydrogen-bond donors (Lipinski definition) is 1. The summed E-state index contributed by atoms with van der Waals surface area (Å²) >= 11 is 1.81. The minimum atomic E-state index is 0.597. The molecule has 0 unspecified atom stereocenters. The van der Waals surface area contributed by atoms with E-state index in [0.717, 1.165) is 34.9 Å². The van der Waals surface area contributed by atoms with E-state index >= 15 is 0 Å². The van der Waals surface area contributed by atoms with Gasteiger partial charge in [-0.1, -0.05) is 0 Å². The number of aromatic nitrogens is 2. The second-order valence-corrected chi connectivity index (χ2v) is 7.63. The molecule has 3 aromatic rings. The molecule has 1 aliphatic carbocycles. The van der Waals surface area contributed by atoms with E-state index in [2.05, 4.69) is 15.3 Å². The molecular weight excluding hydrogens is 362 g/mol. The average Bonchev–Trinajstić information content (AvgIpc) is 3.25. The molecule has 0 amide bonds. The predicted octanol–water partition coefficient (Wildman–Crippen LogP) is 4.13. The third kappa shape index (κ3) is 3.16. The van der Waals surface area contributed by atoms with Gasteiger partial charge in [-0.15, -0.1) is 11.3 Å². The molecule has 6 nitrogen and oxygen atoms in total. The Morgan fingerprint density at radius 1 is 1.04 bits per heavy atom. The van der Waals surface area contributed by atoms with E-state index in [-0.39, 0.29) is 0 Å². The minimum Gasteiger partial charge on any atom is -0.493 e. The van der Waals surface area contributed by atoms with Gasteiger partial charge in [0.2, 0.25) is 5.75 Å². The lowest BCUT2D eigenvalue weighted by molar-refractivity contribution is 0.324. The maximum absolute atomic E-state index is 5.45. The Bertz CT molecular complexity index is 975. The van der Waals surface area contributed by atoms with Gasteiger partial charge in [0.05, 0.1) is 26.7 Å². The summed E-state index contributed by atoms with van der Waals surface area (Å²) in [6.07, 6.45) is 3.49. The highest BCUT2D eigenvalue weighted by atomic mass is 32.1. The van der Waals surface area contributed by atoms with Crippen LogP contribution in [-0.2, 0) is 19.4 Å². The number of thiophene rings is 1. The standard InChI is InChI=1S/C20H23N3O3S/c1-11-22-19(17-13-6-5-7-16(13)27-20(17)23-11)21-10-12-8-14(24-2)18(26-4)15(9-12)25-3/h8-9H,5-7,10H2,1-4H3,(H,21,22,23). The Hall–Kier alpha value is -2.54. The zero-order valence-electron chi connectivity index (χ0n) is 16.0. The fourth-order valence-electron chi connectivity index (χ4n) is 3.65. The van der Waals surface area contributed by atoms with E-state index in [1.165, 1.54) is 22.2 Å². The third-order valence-corrected chi connectivity index (χ3v) is 6.05. The van der Waals surface area contributed by atoms with Gasteiger partial charge in [-0.25, -0.2) is 9.97 Å². The highest BCUT2D eigenvalue weighted by Gasteiger charge is 2.22. The summed E-state index contributed by atoms with van der Waals surface area (Å²) in [6, 6.07) is 3.91. The quantitative estimate of drug-likeness (QED) is 0.688. The molecule has 4 rings (SSSR count). The number of benzene rings is 1. The number of nitrogens with one attached hydrogen (secondary N) is 1.